The summed E-state index contributed by atoms with van der Waals surface area (Å²) in [6.07, 6.45) is 7.57. The molecule has 4 rings (SSSR count). The van der Waals surface area contributed by atoms with Gasteiger partial charge in [0.15, 0.2) is 0 Å². The highest BCUT2D eigenvalue weighted by Crippen LogP contribution is 2.27. The fourth-order valence-corrected chi connectivity index (χ4v) is 4.47. The van der Waals surface area contributed by atoms with Gasteiger partial charge in [-0.3, -0.25) is 14.5 Å². The number of nitrogens with one attached hydrogen (secondary N) is 2. The number of carbonyl (C=O) groups excluding carboxylic acids is 1. The molecule has 1 fully saturated rings. The van der Waals surface area contributed by atoms with E-state index in [0.717, 1.165) is 56.7 Å². The molecule has 0 saturated carbocycles. The monoisotopic (exact) mass is 372 g/mol. The van der Waals surface area contributed by atoms with Gasteiger partial charge in [0.25, 0.3) is 0 Å². The van der Waals surface area contributed by atoms with E-state index in [9.17, 15) is 9.59 Å². The molecule has 146 valence electrons. The van der Waals surface area contributed by atoms with Gasteiger partial charge < -0.3 is 4.90 Å². The highest BCUT2D eigenvalue weighted by Gasteiger charge is 2.27. The minimum Gasteiger partial charge on any atom is -0.343 e. The average Bonchev–Trinajstić information content (AvgIpc) is 3.29. The molecule has 2 aromatic heterocycles. The highest BCUT2D eigenvalue weighted by atomic mass is 16.2. The number of nitrogens with zero attached hydrogens (tertiary/aromatic N) is 4. The highest BCUT2D eigenvalue weighted by molar-refractivity contribution is 5.76. The number of piperidine rings is 1. The first-order valence-electron chi connectivity index (χ1n) is 10.1. The van der Waals surface area contributed by atoms with Crippen LogP contribution in [0.2, 0.25) is 0 Å². The number of carbonyl (C=O) groups is 1. The third kappa shape index (κ3) is 3.57. The van der Waals surface area contributed by atoms with Crippen LogP contribution in [0.4, 0.5) is 0 Å². The third-order valence-corrected chi connectivity index (χ3v) is 6.03. The molecule has 8 nitrogen and oxygen atoms in total. The van der Waals surface area contributed by atoms with Crippen LogP contribution >= 0.6 is 0 Å². The predicted molar refractivity (Wildman–Crippen MR) is 101 cm³/mol. The van der Waals surface area contributed by atoms with Gasteiger partial charge in [-0.25, -0.2) is 9.89 Å². The second kappa shape index (κ2) is 7.70. The molecular weight excluding hydrogens is 344 g/mol. The molecular formula is C19H28N6O2. The maximum atomic E-state index is 12.6. The van der Waals surface area contributed by atoms with Crippen LogP contribution in [0.3, 0.4) is 0 Å². The van der Waals surface area contributed by atoms with E-state index in [1.54, 1.807) is 4.57 Å². The lowest BCUT2D eigenvalue weighted by atomic mass is 9.94. The van der Waals surface area contributed by atoms with Crippen LogP contribution in [-0.4, -0.2) is 48.9 Å². The fraction of sp³-hybridized carbons (Fsp3) is 0.684. The summed E-state index contributed by atoms with van der Waals surface area (Å²) >= 11 is 0. The van der Waals surface area contributed by atoms with Crippen LogP contribution in [0, 0.1) is 0 Å². The molecule has 1 saturated heterocycles. The lowest BCUT2D eigenvalue weighted by molar-refractivity contribution is -0.132. The van der Waals surface area contributed by atoms with Gasteiger partial charge in [0, 0.05) is 44.1 Å². The second-order valence-electron chi connectivity index (χ2n) is 7.62. The molecule has 2 N–H and O–H groups in total. The third-order valence-electron chi connectivity index (χ3n) is 6.03. The predicted octanol–water partition coefficient (Wildman–Crippen LogP) is 1.53. The van der Waals surface area contributed by atoms with E-state index in [0.29, 0.717) is 13.0 Å². The van der Waals surface area contributed by atoms with E-state index in [2.05, 4.69) is 20.4 Å². The molecule has 0 aromatic carbocycles. The lowest BCUT2D eigenvalue weighted by Crippen LogP contribution is -2.38. The largest absolute Gasteiger partial charge is 0.343 e. The molecule has 1 amide bonds. The number of rotatable bonds is 5. The molecule has 2 aliphatic rings. The molecule has 1 aliphatic heterocycles. The van der Waals surface area contributed by atoms with Gasteiger partial charge in [0.05, 0.1) is 5.69 Å². The van der Waals surface area contributed by atoms with E-state index in [1.165, 1.54) is 24.1 Å². The minimum absolute atomic E-state index is 0.145. The van der Waals surface area contributed by atoms with E-state index in [-0.39, 0.29) is 17.5 Å². The zero-order valence-electron chi connectivity index (χ0n) is 16.0. The molecule has 0 atom stereocenters. The van der Waals surface area contributed by atoms with Crippen molar-refractivity contribution in [2.24, 2.45) is 0 Å². The van der Waals surface area contributed by atoms with Crippen molar-refractivity contribution in [2.45, 2.75) is 70.8 Å². The number of hydrogen-bond acceptors (Lipinski definition) is 4. The Morgan fingerprint density at radius 1 is 1.15 bits per heavy atom. The Kier molecular flexibility index (Phi) is 5.13. The van der Waals surface area contributed by atoms with E-state index in [4.69, 9.17) is 0 Å². The summed E-state index contributed by atoms with van der Waals surface area (Å²) in [6.45, 7) is 4.03. The summed E-state index contributed by atoms with van der Waals surface area (Å²) < 4.78 is 1.70. The summed E-state index contributed by atoms with van der Waals surface area (Å²) in [4.78, 5) is 26.4. The van der Waals surface area contributed by atoms with Gasteiger partial charge in [-0.05, 0) is 51.0 Å². The zero-order chi connectivity index (χ0) is 18.8. The van der Waals surface area contributed by atoms with Crippen LogP contribution in [0.5, 0.6) is 0 Å². The summed E-state index contributed by atoms with van der Waals surface area (Å²) in [5, 5.41) is 14.4. The van der Waals surface area contributed by atoms with Gasteiger partial charge in [-0.15, -0.1) is 0 Å². The number of aromatic nitrogens is 5. The minimum atomic E-state index is -0.145. The number of amides is 1. The summed E-state index contributed by atoms with van der Waals surface area (Å²) in [5.74, 6) is 1.28. The number of H-pyrrole nitrogens is 2. The average molecular weight is 372 g/mol. The van der Waals surface area contributed by atoms with Crippen molar-refractivity contribution in [1.82, 2.24) is 29.9 Å². The van der Waals surface area contributed by atoms with Crippen molar-refractivity contribution in [3.63, 3.8) is 0 Å². The molecule has 3 heterocycles. The lowest BCUT2D eigenvalue weighted by Gasteiger charge is -2.31. The topological polar surface area (TPSA) is 99.7 Å². The van der Waals surface area contributed by atoms with Gasteiger partial charge in [0.2, 0.25) is 5.91 Å². The van der Waals surface area contributed by atoms with E-state index in [1.807, 2.05) is 11.8 Å². The van der Waals surface area contributed by atoms with Crippen molar-refractivity contribution < 1.29 is 4.79 Å². The smallest absolute Gasteiger partial charge is 0.343 e. The summed E-state index contributed by atoms with van der Waals surface area (Å²) in [6, 6.07) is 0. The Morgan fingerprint density at radius 3 is 2.70 bits per heavy atom. The summed E-state index contributed by atoms with van der Waals surface area (Å²) in [5.41, 5.74) is 3.55. The number of fused-ring (bicyclic) bond motifs is 1. The molecule has 8 heteroatoms. The van der Waals surface area contributed by atoms with Crippen LogP contribution < -0.4 is 5.69 Å². The van der Waals surface area contributed by atoms with Crippen LogP contribution in [0.25, 0.3) is 0 Å². The molecule has 2 aromatic rings. The van der Waals surface area contributed by atoms with Gasteiger partial charge in [-0.1, -0.05) is 0 Å². The van der Waals surface area contributed by atoms with Crippen molar-refractivity contribution in [2.75, 3.05) is 13.1 Å². The maximum absolute atomic E-state index is 12.6. The number of likely N-dealkylation sites (tertiary alicyclic amines) is 1. The molecule has 1 aliphatic carbocycles. The fourth-order valence-electron chi connectivity index (χ4n) is 4.47. The number of aryl methyl sites for hydroxylation is 2. The summed E-state index contributed by atoms with van der Waals surface area (Å²) in [7, 11) is 0. The quantitative estimate of drug-likeness (QED) is 0.831. The normalized spacial score (nSPS) is 17.9. The van der Waals surface area contributed by atoms with Crippen molar-refractivity contribution in [3.8, 4) is 0 Å². The number of aromatic amines is 2. The van der Waals surface area contributed by atoms with Crippen LogP contribution in [0.1, 0.15) is 67.7 Å². The first kappa shape index (κ1) is 18.0. The van der Waals surface area contributed by atoms with Crippen molar-refractivity contribution in [3.05, 3.63) is 33.3 Å². The molecule has 0 spiro atoms. The van der Waals surface area contributed by atoms with Crippen molar-refractivity contribution >= 4 is 5.91 Å². The van der Waals surface area contributed by atoms with Gasteiger partial charge in [0.1, 0.15) is 5.82 Å². The Bertz CT molecular complexity index is 856. The standard InChI is InChI=1S/C19H28N6O2/c1-2-25-18(22-23-19(25)27)13-9-11-24(12-10-13)17(26)8-7-16-14-5-3-4-6-15(14)20-21-16/h13H,2-12H2,1H3,(H,20,21)(H,23,27). The Labute approximate surface area is 158 Å². The van der Waals surface area contributed by atoms with Crippen molar-refractivity contribution in [1.29, 1.82) is 0 Å². The molecule has 27 heavy (non-hydrogen) atoms. The Morgan fingerprint density at radius 2 is 1.93 bits per heavy atom. The van der Waals surface area contributed by atoms with Crippen LogP contribution in [-0.2, 0) is 30.6 Å². The first-order chi connectivity index (χ1) is 13.2. The molecule has 0 radical (unpaired) electrons. The molecule has 0 bridgehead atoms. The Balaban J connectivity index is 1.31. The van der Waals surface area contributed by atoms with Gasteiger partial charge >= 0.3 is 5.69 Å². The van der Waals surface area contributed by atoms with Gasteiger partial charge in [-0.2, -0.15) is 10.2 Å². The van der Waals surface area contributed by atoms with E-state index >= 15 is 0 Å². The first-order valence-corrected chi connectivity index (χ1v) is 10.1. The van der Waals surface area contributed by atoms with Crippen LogP contribution in [0.15, 0.2) is 4.79 Å². The number of hydrogen-bond donors (Lipinski definition) is 2. The second-order valence-corrected chi connectivity index (χ2v) is 7.62. The Hall–Kier alpha value is -2.38. The van der Waals surface area contributed by atoms with E-state index < -0.39 is 0 Å². The maximum Gasteiger partial charge on any atom is 0.343 e. The zero-order valence-corrected chi connectivity index (χ0v) is 16.0. The SMILES string of the molecule is CCn1c(C2CCN(C(=O)CCc3n[nH]c4c3CCCC4)CC2)n[nH]c1=O. The molecule has 0 unspecified atom stereocenters.